The molecule has 0 radical (unpaired) electrons. The van der Waals surface area contributed by atoms with E-state index in [1.54, 1.807) is 12.1 Å². The number of para-hydroxylation sites is 1. The summed E-state index contributed by atoms with van der Waals surface area (Å²) in [7, 11) is 0. The van der Waals surface area contributed by atoms with Crippen molar-refractivity contribution in [2.24, 2.45) is 4.99 Å². The highest BCUT2D eigenvalue weighted by Gasteiger charge is 2.40. The number of aliphatic imine (C=N–C) groups is 1. The largest absolute Gasteiger partial charge is 0.429 e. The molecule has 0 unspecified atom stereocenters. The van der Waals surface area contributed by atoms with Crippen LogP contribution in [0.1, 0.15) is 17.0 Å². The smallest absolute Gasteiger partial charge is 0.336 e. The summed E-state index contributed by atoms with van der Waals surface area (Å²) >= 11 is 0. The molecular formula is C20H13F5N4. The lowest BCUT2D eigenvalue weighted by atomic mass is 10.1. The number of alkyl halides is 3. The van der Waals surface area contributed by atoms with Crippen molar-refractivity contribution in [2.45, 2.75) is 19.0 Å². The SMILES string of the molecule is Fc1cccc(Cc2nc3c(nc2Nc2ccccc2F)N=C(C(F)(F)F)C3)c1. The third-order valence-electron chi connectivity index (χ3n) is 4.31. The number of benzene rings is 2. The summed E-state index contributed by atoms with van der Waals surface area (Å²) in [5, 5.41) is 2.77. The number of halogens is 5. The van der Waals surface area contributed by atoms with Crippen LogP contribution in [-0.4, -0.2) is 21.9 Å². The van der Waals surface area contributed by atoms with Gasteiger partial charge in [-0.05, 0) is 29.8 Å². The zero-order valence-corrected chi connectivity index (χ0v) is 14.8. The minimum atomic E-state index is -4.59. The average Bonchev–Trinajstić information content (AvgIpc) is 3.07. The van der Waals surface area contributed by atoms with Gasteiger partial charge >= 0.3 is 6.18 Å². The first-order valence-corrected chi connectivity index (χ1v) is 8.60. The van der Waals surface area contributed by atoms with Crippen LogP contribution in [-0.2, 0) is 12.8 Å². The predicted molar refractivity (Wildman–Crippen MR) is 97.8 cm³/mol. The van der Waals surface area contributed by atoms with E-state index in [9.17, 15) is 22.0 Å². The van der Waals surface area contributed by atoms with Crippen LogP contribution in [0.2, 0.25) is 0 Å². The molecule has 4 nitrogen and oxygen atoms in total. The predicted octanol–water partition coefficient (Wildman–Crippen LogP) is 5.28. The Kier molecular flexibility index (Phi) is 4.73. The number of nitrogens with one attached hydrogen (secondary N) is 1. The van der Waals surface area contributed by atoms with Gasteiger partial charge in [0.1, 0.15) is 17.3 Å². The summed E-state index contributed by atoms with van der Waals surface area (Å²) in [6, 6.07) is 11.5. The first-order chi connectivity index (χ1) is 13.8. The van der Waals surface area contributed by atoms with E-state index < -0.39 is 29.9 Å². The van der Waals surface area contributed by atoms with Gasteiger partial charge in [-0.25, -0.2) is 23.7 Å². The third-order valence-corrected chi connectivity index (χ3v) is 4.31. The van der Waals surface area contributed by atoms with Crippen molar-refractivity contribution in [1.29, 1.82) is 0 Å². The van der Waals surface area contributed by atoms with Gasteiger partial charge in [0, 0.05) is 12.8 Å². The van der Waals surface area contributed by atoms with E-state index in [0.29, 0.717) is 5.56 Å². The van der Waals surface area contributed by atoms with Gasteiger partial charge in [0.15, 0.2) is 11.6 Å². The maximum atomic E-state index is 14.0. The van der Waals surface area contributed by atoms with E-state index in [0.717, 1.165) is 0 Å². The van der Waals surface area contributed by atoms with Crippen LogP contribution < -0.4 is 5.32 Å². The van der Waals surface area contributed by atoms with E-state index in [1.165, 1.54) is 36.4 Å². The summed E-state index contributed by atoms with van der Waals surface area (Å²) in [5.41, 5.74) is -0.0302. The van der Waals surface area contributed by atoms with E-state index in [-0.39, 0.29) is 35.1 Å². The quantitative estimate of drug-likeness (QED) is 0.602. The second-order valence-electron chi connectivity index (χ2n) is 6.43. The van der Waals surface area contributed by atoms with Crippen molar-refractivity contribution in [3.05, 3.63) is 77.1 Å². The summed E-state index contributed by atoms with van der Waals surface area (Å²) in [6.07, 6.45) is -5.00. The molecule has 0 bridgehead atoms. The highest BCUT2D eigenvalue weighted by atomic mass is 19.4. The van der Waals surface area contributed by atoms with Crippen molar-refractivity contribution < 1.29 is 22.0 Å². The van der Waals surface area contributed by atoms with E-state index in [1.807, 2.05) is 0 Å². The van der Waals surface area contributed by atoms with Gasteiger partial charge in [-0.2, -0.15) is 13.2 Å². The van der Waals surface area contributed by atoms with Crippen molar-refractivity contribution in [3.63, 3.8) is 0 Å². The maximum absolute atomic E-state index is 14.0. The van der Waals surface area contributed by atoms with E-state index in [2.05, 4.69) is 20.3 Å². The monoisotopic (exact) mass is 404 g/mol. The molecule has 4 rings (SSSR count). The Morgan fingerprint density at radius 3 is 2.48 bits per heavy atom. The Bertz CT molecular complexity index is 1110. The van der Waals surface area contributed by atoms with E-state index >= 15 is 0 Å². The van der Waals surface area contributed by atoms with Crippen molar-refractivity contribution >= 4 is 23.0 Å². The van der Waals surface area contributed by atoms with Crippen molar-refractivity contribution in [3.8, 4) is 0 Å². The van der Waals surface area contributed by atoms with Crippen LogP contribution in [0.25, 0.3) is 0 Å². The molecule has 0 atom stereocenters. The molecule has 1 aliphatic rings. The zero-order chi connectivity index (χ0) is 20.6. The molecule has 1 aliphatic heterocycles. The molecule has 2 aromatic carbocycles. The summed E-state index contributed by atoms with van der Waals surface area (Å²) < 4.78 is 66.6. The maximum Gasteiger partial charge on any atom is 0.429 e. The third kappa shape index (κ3) is 4.08. The molecule has 1 N–H and O–H groups in total. The standard InChI is InChI=1S/C20H13F5N4/c21-12-5-3-4-11(8-12)9-15-18(27-14-7-2-1-6-13(14)22)29-19-16(26-15)10-17(28-19)20(23,24)25/h1-8H,9-10H2,(H,27,29). The molecule has 3 aromatic rings. The summed E-state index contributed by atoms with van der Waals surface area (Å²) in [6.45, 7) is 0. The summed E-state index contributed by atoms with van der Waals surface area (Å²) in [4.78, 5) is 12.0. The van der Waals surface area contributed by atoms with Crippen LogP contribution in [0, 0.1) is 11.6 Å². The van der Waals surface area contributed by atoms with Crippen LogP contribution in [0.4, 0.5) is 39.3 Å². The average molecular weight is 404 g/mol. The Balaban J connectivity index is 1.75. The fraction of sp³-hybridized carbons (Fsp3) is 0.150. The number of nitrogens with zero attached hydrogens (tertiary/aromatic N) is 3. The Morgan fingerprint density at radius 1 is 0.966 bits per heavy atom. The molecule has 2 heterocycles. The molecule has 0 saturated heterocycles. The lowest BCUT2D eigenvalue weighted by molar-refractivity contribution is -0.0597. The van der Waals surface area contributed by atoms with Gasteiger partial charge in [0.2, 0.25) is 0 Å². The second-order valence-corrected chi connectivity index (χ2v) is 6.43. The van der Waals surface area contributed by atoms with Crippen LogP contribution in [0.5, 0.6) is 0 Å². The number of rotatable bonds is 4. The molecule has 0 spiro atoms. The molecule has 0 amide bonds. The van der Waals surface area contributed by atoms with Crippen LogP contribution in [0.15, 0.2) is 53.5 Å². The topological polar surface area (TPSA) is 50.2 Å². The number of fused-ring (bicyclic) bond motifs is 1. The Morgan fingerprint density at radius 2 is 1.76 bits per heavy atom. The van der Waals surface area contributed by atoms with Crippen molar-refractivity contribution in [2.75, 3.05) is 5.32 Å². The van der Waals surface area contributed by atoms with Gasteiger partial charge in [-0.15, -0.1) is 0 Å². The van der Waals surface area contributed by atoms with Gasteiger partial charge < -0.3 is 5.32 Å². The lowest BCUT2D eigenvalue weighted by Gasteiger charge is -2.13. The second kappa shape index (κ2) is 7.23. The van der Waals surface area contributed by atoms with Gasteiger partial charge in [0.05, 0.1) is 17.1 Å². The van der Waals surface area contributed by atoms with Gasteiger partial charge in [0.25, 0.3) is 0 Å². The fourth-order valence-electron chi connectivity index (χ4n) is 2.95. The molecule has 0 aliphatic carbocycles. The normalized spacial score (nSPS) is 13.2. The number of hydrogen-bond donors (Lipinski definition) is 1. The first-order valence-electron chi connectivity index (χ1n) is 8.60. The van der Waals surface area contributed by atoms with Crippen LogP contribution >= 0.6 is 0 Å². The van der Waals surface area contributed by atoms with Gasteiger partial charge in [-0.3, -0.25) is 0 Å². The Labute approximate surface area is 162 Å². The molecule has 1 aromatic heterocycles. The highest BCUT2D eigenvalue weighted by Crippen LogP contribution is 2.34. The number of hydrogen-bond acceptors (Lipinski definition) is 4. The number of aromatic nitrogens is 2. The molecule has 29 heavy (non-hydrogen) atoms. The van der Waals surface area contributed by atoms with Crippen molar-refractivity contribution in [1.82, 2.24) is 9.97 Å². The summed E-state index contributed by atoms with van der Waals surface area (Å²) in [5.74, 6) is -1.13. The molecule has 148 valence electrons. The minimum absolute atomic E-state index is 0.0604. The van der Waals surface area contributed by atoms with Gasteiger partial charge in [-0.1, -0.05) is 24.3 Å². The first kappa shape index (κ1) is 19.0. The molecule has 0 saturated carbocycles. The molecule has 9 heteroatoms. The zero-order valence-electron chi connectivity index (χ0n) is 14.8. The molecule has 0 fully saturated rings. The minimum Gasteiger partial charge on any atom is -0.336 e. The number of anilines is 2. The van der Waals surface area contributed by atoms with Crippen LogP contribution in [0.3, 0.4) is 0 Å². The fourth-order valence-corrected chi connectivity index (χ4v) is 2.95. The highest BCUT2D eigenvalue weighted by molar-refractivity contribution is 5.96. The lowest BCUT2D eigenvalue weighted by Crippen LogP contribution is -2.22. The molecular weight excluding hydrogens is 391 g/mol. The Hall–Kier alpha value is -3.36. The van der Waals surface area contributed by atoms with E-state index in [4.69, 9.17) is 0 Å².